The van der Waals surface area contributed by atoms with Crippen LogP contribution in [0.25, 0.3) is 17.0 Å². The van der Waals surface area contributed by atoms with E-state index in [0.717, 1.165) is 22.0 Å². The molecule has 2 aromatic heterocycles. The van der Waals surface area contributed by atoms with Crippen molar-refractivity contribution in [2.75, 3.05) is 17.7 Å². The molecule has 4 aromatic rings. The van der Waals surface area contributed by atoms with E-state index in [1.165, 1.54) is 17.3 Å². The third-order valence-corrected chi connectivity index (χ3v) is 5.79. The zero-order valence-corrected chi connectivity index (χ0v) is 19.1. The molecule has 0 bridgehead atoms. The van der Waals surface area contributed by atoms with Gasteiger partial charge in [-0.25, -0.2) is 0 Å². The summed E-state index contributed by atoms with van der Waals surface area (Å²) in [5.41, 5.74) is 3.57. The smallest absolute Gasteiger partial charge is 0.234 e. The molecule has 0 fully saturated rings. The van der Waals surface area contributed by atoms with Crippen LogP contribution in [-0.2, 0) is 4.79 Å². The molecule has 8 heteroatoms. The van der Waals surface area contributed by atoms with E-state index in [-0.39, 0.29) is 11.7 Å². The highest BCUT2D eigenvalue weighted by Crippen LogP contribution is 2.23. The van der Waals surface area contributed by atoms with E-state index in [1.54, 1.807) is 4.52 Å². The number of hydrogen-bond acceptors (Lipinski definition) is 6. The Morgan fingerprint density at radius 1 is 1.03 bits per heavy atom. The number of benzene rings is 2. The minimum Gasteiger partial charge on any atom is -0.494 e. The molecule has 0 aliphatic carbocycles. The van der Waals surface area contributed by atoms with Gasteiger partial charge in [0.2, 0.25) is 5.91 Å². The second-order valence-electron chi connectivity index (χ2n) is 7.54. The lowest BCUT2D eigenvalue weighted by molar-refractivity contribution is -0.113. The number of nitrogens with zero attached hydrogens (tertiary/aromatic N) is 4. The van der Waals surface area contributed by atoms with Gasteiger partial charge in [0.15, 0.2) is 11.5 Å². The second-order valence-corrected chi connectivity index (χ2v) is 8.53. The molecular formula is C24H25N5O2S. The number of ether oxygens (including phenoxy) is 1. The van der Waals surface area contributed by atoms with Gasteiger partial charge in [-0.1, -0.05) is 37.7 Å². The zero-order chi connectivity index (χ0) is 22.5. The Kier molecular flexibility index (Phi) is 6.70. The SMILES string of the molecule is CCOc1ccc(-c2nnc3ccc(SCC(=O)Nc4ccc(C(C)C)cc4)nn23)cc1. The lowest BCUT2D eigenvalue weighted by Crippen LogP contribution is -2.14. The first kappa shape index (κ1) is 21.8. The van der Waals surface area contributed by atoms with Crippen LogP contribution >= 0.6 is 11.8 Å². The van der Waals surface area contributed by atoms with Crippen molar-refractivity contribution in [2.24, 2.45) is 0 Å². The van der Waals surface area contributed by atoms with Crippen LogP contribution < -0.4 is 10.1 Å². The fraction of sp³-hybridized carbons (Fsp3) is 0.250. The first-order valence-corrected chi connectivity index (χ1v) is 11.5. The molecule has 32 heavy (non-hydrogen) atoms. The number of rotatable bonds is 8. The highest BCUT2D eigenvalue weighted by atomic mass is 32.2. The summed E-state index contributed by atoms with van der Waals surface area (Å²) >= 11 is 1.37. The number of thioether (sulfide) groups is 1. The Morgan fingerprint density at radius 3 is 2.47 bits per heavy atom. The molecule has 0 aliphatic rings. The first-order valence-electron chi connectivity index (χ1n) is 10.5. The lowest BCUT2D eigenvalue weighted by Gasteiger charge is -2.08. The number of carbonyl (C=O) groups excluding carboxylic acids is 1. The summed E-state index contributed by atoms with van der Waals surface area (Å²) in [4.78, 5) is 12.4. The maximum Gasteiger partial charge on any atom is 0.234 e. The fourth-order valence-electron chi connectivity index (χ4n) is 3.18. The van der Waals surface area contributed by atoms with Gasteiger partial charge in [-0.15, -0.1) is 10.2 Å². The largest absolute Gasteiger partial charge is 0.494 e. The average molecular weight is 448 g/mol. The molecule has 0 unspecified atom stereocenters. The Hall–Kier alpha value is -3.39. The summed E-state index contributed by atoms with van der Waals surface area (Å²) in [6, 6.07) is 19.3. The van der Waals surface area contributed by atoms with Gasteiger partial charge in [-0.05, 0) is 66.9 Å². The van der Waals surface area contributed by atoms with Gasteiger partial charge >= 0.3 is 0 Å². The number of hydrogen-bond donors (Lipinski definition) is 1. The normalized spacial score (nSPS) is 11.1. The summed E-state index contributed by atoms with van der Waals surface area (Å²) in [6.45, 7) is 6.86. The predicted octanol–water partition coefficient (Wildman–Crippen LogP) is 5.04. The Labute approximate surface area is 191 Å². The molecule has 2 heterocycles. The van der Waals surface area contributed by atoms with Crippen LogP contribution in [0.3, 0.4) is 0 Å². The van der Waals surface area contributed by atoms with Crippen molar-refractivity contribution >= 4 is 29.0 Å². The van der Waals surface area contributed by atoms with Crippen molar-refractivity contribution in [2.45, 2.75) is 31.7 Å². The van der Waals surface area contributed by atoms with E-state index in [9.17, 15) is 4.79 Å². The number of carbonyl (C=O) groups is 1. The van der Waals surface area contributed by atoms with Crippen molar-refractivity contribution in [3.63, 3.8) is 0 Å². The summed E-state index contributed by atoms with van der Waals surface area (Å²) in [5, 5.41) is 16.7. The monoisotopic (exact) mass is 447 g/mol. The molecule has 4 rings (SSSR count). The summed E-state index contributed by atoms with van der Waals surface area (Å²) in [5.74, 6) is 2.08. The molecule has 0 radical (unpaired) electrons. The predicted molar refractivity (Wildman–Crippen MR) is 127 cm³/mol. The maximum absolute atomic E-state index is 12.4. The van der Waals surface area contributed by atoms with Crippen molar-refractivity contribution in [1.82, 2.24) is 19.8 Å². The topological polar surface area (TPSA) is 81.4 Å². The molecule has 0 spiro atoms. The van der Waals surface area contributed by atoms with E-state index in [0.29, 0.717) is 24.0 Å². The quantitative estimate of drug-likeness (QED) is 0.381. The lowest BCUT2D eigenvalue weighted by atomic mass is 10.0. The van der Waals surface area contributed by atoms with Crippen LogP contribution in [0.2, 0.25) is 0 Å². The van der Waals surface area contributed by atoms with E-state index in [2.05, 4.69) is 34.5 Å². The number of nitrogens with one attached hydrogen (secondary N) is 1. The van der Waals surface area contributed by atoms with Crippen LogP contribution in [0.15, 0.2) is 65.7 Å². The number of fused-ring (bicyclic) bond motifs is 1. The van der Waals surface area contributed by atoms with Gasteiger partial charge in [0.1, 0.15) is 10.8 Å². The molecule has 2 aromatic carbocycles. The van der Waals surface area contributed by atoms with Crippen molar-refractivity contribution in [3.05, 3.63) is 66.2 Å². The average Bonchev–Trinajstić information content (AvgIpc) is 3.22. The Morgan fingerprint density at radius 2 is 1.78 bits per heavy atom. The van der Waals surface area contributed by atoms with E-state index in [4.69, 9.17) is 4.74 Å². The van der Waals surface area contributed by atoms with Crippen molar-refractivity contribution < 1.29 is 9.53 Å². The van der Waals surface area contributed by atoms with Gasteiger partial charge in [0, 0.05) is 11.3 Å². The highest BCUT2D eigenvalue weighted by molar-refractivity contribution is 7.99. The molecular weight excluding hydrogens is 422 g/mol. The van der Waals surface area contributed by atoms with E-state index in [1.807, 2.05) is 67.6 Å². The van der Waals surface area contributed by atoms with Crippen LogP contribution in [0.4, 0.5) is 5.69 Å². The zero-order valence-electron chi connectivity index (χ0n) is 18.3. The summed E-state index contributed by atoms with van der Waals surface area (Å²) in [7, 11) is 0. The Bertz CT molecular complexity index is 1200. The van der Waals surface area contributed by atoms with Crippen LogP contribution in [0, 0.1) is 0 Å². The number of aromatic nitrogens is 4. The maximum atomic E-state index is 12.4. The van der Waals surface area contributed by atoms with Crippen LogP contribution in [0.5, 0.6) is 5.75 Å². The van der Waals surface area contributed by atoms with Gasteiger partial charge < -0.3 is 10.1 Å². The van der Waals surface area contributed by atoms with Crippen LogP contribution in [0.1, 0.15) is 32.3 Å². The molecule has 1 N–H and O–H groups in total. The second kappa shape index (κ2) is 9.82. The molecule has 0 atom stereocenters. The van der Waals surface area contributed by atoms with Gasteiger partial charge in [-0.3, -0.25) is 4.79 Å². The first-order chi connectivity index (χ1) is 15.5. The highest BCUT2D eigenvalue weighted by Gasteiger charge is 2.12. The summed E-state index contributed by atoms with van der Waals surface area (Å²) in [6.07, 6.45) is 0. The Balaban J connectivity index is 1.43. The van der Waals surface area contributed by atoms with Gasteiger partial charge in [0.25, 0.3) is 0 Å². The van der Waals surface area contributed by atoms with E-state index < -0.39 is 0 Å². The van der Waals surface area contributed by atoms with Crippen molar-refractivity contribution in [1.29, 1.82) is 0 Å². The van der Waals surface area contributed by atoms with Crippen LogP contribution in [-0.4, -0.2) is 38.1 Å². The third-order valence-electron chi connectivity index (χ3n) is 4.87. The minimum absolute atomic E-state index is 0.0790. The molecule has 1 amide bonds. The van der Waals surface area contributed by atoms with Gasteiger partial charge in [-0.2, -0.15) is 9.61 Å². The molecule has 0 aliphatic heterocycles. The van der Waals surface area contributed by atoms with E-state index >= 15 is 0 Å². The van der Waals surface area contributed by atoms with Crippen molar-refractivity contribution in [3.8, 4) is 17.1 Å². The molecule has 7 nitrogen and oxygen atoms in total. The standard InChI is InChI=1S/C24H25N5O2S/c1-4-31-20-11-7-18(8-12-20)24-27-26-21-13-14-23(28-29(21)24)32-15-22(30)25-19-9-5-17(6-10-19)16(2)3/h5-14,16H,4,15H2,1-3H3,(H,25,30). The van der Waals surface area contributed by atoms with Gasteiger partial charge in [0.05, 0.1) is 12.4 Å². The number of anilines is 1. The summed E-state index contributed by atoms with van der Waals surface area (Å²) < 4.78 is 7.19. The number of amides is 1. The third kappa shape index (κ3) is 5.08. The fourth-order valence-corrected chi connectivity index (χ4v) is 3.84. The minimum atomic E-state index is -0.0790. The molecule has 0 saturated carbocycles. The molecule has 164 valence electrons. The molecule has 0 saturated heterocycles.